The van der Waals surface area contributed by atoms with Gasteiger partial charge < -0.3 is 9.40 Å². The van der Waals surface area contributed by atoms with E-state index in [0.29, 0.717) is 10.6 Å². The van der Waals surface area contributed by atoms with Crippen molar-refractivity contribution in [1.82, 2.24) is 9.97 Å². The van der Waals surface area contributed by atoms with E-state index >= 15 is 0 Å². The summed E-state index contributed by atoms with van der Waals surface area (Å²) in [5.74, 6) is 2.09. The van der Waals surface area contributed by atoms with Gasteiger partial charge in [0.25, 0.3) is 0 Å². The zero-order valence-electron chi connectivity index (χ0n) is 9.48. The highest BCUT2D eigenvalue weighted by atomic mass is 32.1. The summed E-state index contributed by atoms with van der Waals surface area (Å²) in [5.41, 5.74) is 1.20. The lowest BCUT2D eigenvalue weighted by Crippen LogP contribution is -2.00. The van der Waals surface area contributed by atoms with Gasteiger partial charge in [0.1, 0.15) is 4.64 Å². The van der Waals surface area contributed by atoms with E-state index in [-0.39, 0.29) is 0 Å². The molecule has 0 amide bonds. The normalized spacial score (nSPS) is 16.5. The molecule has 1 aliphatic rings. The number of rotatable bonds is 2. The van der Waals surface area contributed by atoms with Crippen molar-refractivity contribution in [3.63, 3.8) is 0 Å². The monoisotopic (exact) mass is 246 g/mol. The fraction of sp³-hybridized carbons (Fsp3) is 0.385. The molecule has 1 fully saturated rings. The Morgan fingerprint density at radius 1 is 1.35 bits per heavy atom. The van der Waals surface area contributed by atoms with E-state index in [9.17, 15) is 0 Å². The van der Waals surface area contributed by atoms with E-state index < -0.39 is 0 Å². The molecule has 17 heavy (non-hydrogen) atoms. The standard InChI is InChI=1S/C13H14N2OS/c17-12-8-10(9-4-1-2-5-9)14-13(15-12)11-6-3-7-16-11/h3,6-9H,1-2,4-5H2,(H,14,15,17). The van der Waals surface area contributed by atoms with Gasteiger partial charge in [0.2, 0.25) is 0 Å². The molecule has 0 unspecified atom stereocenters. The van der Waals surface area contributed by atoms with Crippen LogP contribution in [0.5, 0.6) is 0 Å². The van der Waals surface area contributed by atoms with E-state index in [0.717, 1.165) is 11.6 Å². The smallest absolute Gasteiger partial charge is 0.175 e. The molecule has 0 atom stereocenters. The van der Waals surface area contributed by atoms with E-state index in [2.05, 4.69) is 9.97 Å². The van der Waals surface area contributed by atoms with Crippen molar-refractivity contribution in [1.29, 1.82) is 0 Å². The largest absolute Gasteiger partial charge is 0.461 e. The van der Waals surface area contributed by atoms with Gasteiger partial charge in [0.05, 0.1) is 6.26 Å². The summed E-state index contributed by atoms with van der Waals surface area (Å²) in [5, 5.41) is 0. The Kier molecular flexibility index (Phi) is 2.81. The van der Waals surface area contributed by atoms with E-state index in [4.69, 9.17) is 16.6 Å². The maximum atomic E-state index is 5.35. The van der Waals surface area contributed by atoms with Crippen molar-refractivity contribution >= 4 is 12.2 Å². The van der Waals surface area contributed by atoms with Crippen LogP contribution in [0.3, 0.4) is 0 Å². The summed E-state index contributed by atoms with van der Waals surface area (Å²) < 4.78 is 5.99. The van der Waals surface area contributed by atoms with Gasteiger partial charge in [0.15, 0.2) is 11.6 Å². The SMILES string of the molecule is S=c1cc(C2CCCC2)[nH]c(-c2ccco2)n1. The second kappa shape index (κ2) is 4.45. The van der Waals surface area contributed by atoms with Gasteiger partial charge in [-0.25, -0.2) is 4.98 Å². The van der Waals surface area contributed by atoms with Crippen molar-refractivity contribution < 1.29 is 4.42 Å². The van der Waals surface area contributed by atoms with Crippen molar-refractivity contribution in [2.45, 2.75) is 31.6 Å². The third kappa shape index (κ3) is 2.17. The summed E-state index contributed by atoms with van der Waals surface area (Å²) in [6.45, 7) is 0. The molecular formula is C13H14N2OS. The van der Waals surface area contributed by atoms with Crippen LogP contribution in [0.1, 0.15) is 37.3 Å². The van der Waals surface area contributed by atoms with Gasteiger partial charge in [-0.05, 0) is 37.0 Å². The van der Waals surface area contributed by atoms with Crippen LogP contribution in [0.4, 0.5) is 0 Å². The van der Waals surface area contributed by atoms with Crippen molar-refractivity contribution in [3.8, 4) is 11.6 Å². The average molecular weight is 246 g/mol. The maximum absolute atomic E-state index is 5.35. The van der Waals surface area contributed by atoms with Crippen LogP contribution in [0.2, 0.25) is 0 Å². The first-order chi connectivity index (χ1) is 8.33. The van der Waals surface area contributed by atoms with Crippen LogP contribution in [0.25, 0.3) is 11.6 Å². The third-order valence-electron chi connectivity index (χ3n) is 3.31. The predicted molar refractivity (Wildman–Crippen MR) is 68.3 cm³/mol. The Morgan fingerprint density at radius 3 is 2.88 bits per heavy atom. The molecule has 2 heterocycles. The van der Waals surface area contributed by atoms with Gasteiger partial charge >= 0.3 is 0 Å². The van der Waals surface area contributed by atoms with Gasteiger partial charge in [-0.3, -0.25) is 0 Å². The van der Waals surface area contributed by atoms with Crippen LogP contribution in [-0.2, 0) is 0 Å². The van der Waals surface area contributed by atoms with Gasteiger partial charge in [-0.2, -0.15) is 0 Å². The van der Waals surface area contributed by atoms with Gasteiger partial charge in [-0.15, -0.1) is 0 Å². The number of aromatic nitrogens is 2. The summed E-state index contributed by atoms with van der Waals surface area (Å²) in [6.07, 6.45) is 6.75. The number of hydrogen-bond acceptors (Lipinski definition) is 3. The third-order valence-corrected chi connectivity index (χ3v) is 3.52. The molecule has 1 saturated carbocycles. The fourth-order valence-corrected chi connectivity index (χ4v) is 2.68. The average Bonchev–Trinajstić information content (AvgIpc) is 3.02. The molecule has 0 aliphatic heterocycles. The molecule has 3 nitrogen and oxygen atoms in total. The molecular weight excluding hydrogens is 232 g/mol. The Balaban J connectivity index is 2.03. The molecule has 0 radical (unpaired) electrons. The summed E-state index contributed by atoms with van der Waals surface area (Å²) in [6, 6.07) is 5.74. The zero-order valence-corrected chi connectivity index (χ0v) is 10.3. The van der Waals surface area contributed by atoms with Crippen LogP contribution in [0.15, 0.2) is 28.9 Å². The topological polar surface area (TPSA) is 41.8 Å². The van der Waals surface area contributed by atoms with Crippen LogP contribution >= 0.6 is 12.2 Å². The van der Waals surface area contributed by atoms with Crippen LogP contribution in [-0.4, -0.2) is 9.97 Å². The van der Waals surface area contributed by atoms with Crippen LogP contribution in [0, 0.1) is 4.64 Å². The summed E-state index contributed by atoms with van der Waals surface area (Å²) in [7, 11) is 0. The van der Waals surface area contributed by atoms with Crippen molar-refractivity contribution in [2.75, 3.05) is 0 Å². The van der Waals surface area contributed by atoms with Crippen molar-refractivity contribution in [2.24, 2.45) is 0 Å². The highest BCUT2D eigenvalue weighted by molar-refractivity contribution is 7.71. The lowest BCUT2D eigenvalue weighted by atomic mass is 10.0. The molecule has 2 aromatic heterocycles. The minimum absolute atomic E-state index is 0.605. The first kappa shape index (κ1) is 10.7. The second-order valence-corrected chi connectivity index (χ2v) is 4.90. The van der Waals surface area contributed by atoms with Gasteiger partial charge in [0, 0.05) is 5.69 Å². The summed E-state index contributed by atoms with van der Waals surface area (Å²) in [4.78, 5) is 7.67. The van der Waals surface area contributed by atoms with Gasteiger partial charge in [-0.1, -0.05) is 25.1 Å². The maximum Gasteiger partial charge on any atom is 0.175 e. The molecule has 0 spiro atoms. The zero-order chi connectivity index (χ0) is 11.7. The minimum Gasteiger partial charge on any atom is -0.461 e. The molecule has 88 valence electrons. The van der Waals surface area contributed by atoms with E-state index in [1.807, 2.05) is 18.2 Å². The Bertz CT molecular complexity index is 553. The molecule has 4 heteroatoms. The highest BCUT2D eigenvalue weighted by Crippen LogP contribution is 2.33. The van der Waals surface area contributed by atoms with E-state index in [1.54, 1.807) is 6.26 Å². The second-order valence-electron chi connectivity index (χ2n) is 4.48. The predicted octanol–water partition coefficient (Wildman–Crippen LogP) is 4.06. The minimum atomic E-state index is 0.605. The molecule has 0 bridgehead atoms. The quantitative estimate of drug-likeness (QED) is 0.812. The number of H-pyrrole nitrogens is 1. The molecule has 1 N–H and O–H groups in total. The Hall–Kier alpha value is -1.42. The Morgan fingerprint density at radius 2 is 2.18 bits per heavy atom. The lowest BCUT2D eigenvalue weighted by Gasteiger charge is -2.10. The molecule has 2 aromatic rings. The molecule has 1 aliphatic carbocycles. The Labute approximate surface area is 105 Å². The molecule has 3 rings (SSSR count). The fourth-order valence-electron chi connectivity index (χ4n) is 2.46. The number of furan rings is 1. The lowest BCUT2D eigenvalue weighted by molar-refractivity contribution is 0.575. The number of nitrogens with one attached hydrogen (secondary N) is 1. The first-order valence-corrected chi connectivity index (χ1v) is 6.39. The number of hydrogen-bond donors (Lipinski definition) is 1. The highest BCUT2D eigenvalue weighted by Gasteiger charge is 2.18. The first-order valence-electron chi connectivity index (χ1n) is 5.98. The van der Waals surface area contributed by atoms with Crippen molar-refractivity contribution in [3.05, 3.63) is 34.8 Å². The van der Waals surface area contributed by atoms with E-state index in [1.165, 1.54) is 31.4 Å². The molecule has 0 saturated heterocycles. The summed E-state index contributed by atoms with van der Waals surface area (Å²) >= 11 is 5.22. The molecule has 0 aromatic carbocycles. The number of aromatic amines is 1. The number of nitrogens with zero attached hydrogens (tertiary/aromatic N) is 1. The van der Waals surface area contributed by atoms with Crippen LogP contribution < -0.4 is 0 Å².